The summed E-state index contributed by atoms with van der Waals surface area (Å²) < 4.78 is 6.68. The quantitative estimate of drug-likeness (QED) is 0.732. The van der Waals surface area contributed by atoms with E-state index in [-0.39, 0.29) is 44.3 Å². The molecule has 4 heteroatoms. The molecule has 0 aromatic carbocycles. The molecule has 1 radical (unpaired) electrons. The third-order valence-electron chi connectivity index (χ3n) is 2.04. The molecule has 81 valence electrons. The average Bonchev–Trinajstić information content (AvgIpc) is 2.10. The fourth-order valence-corrected chi connectivity index (χ4v) is 1.21. The molecule has 2 rings (SSSR count). The maximum Gasteiger partial charge on any atom is 0.168 e. The van der Waals surface area contributed by atoms with Gasteiger partial charge in [0.15, 0.2) is 5.56 Å². The molecule has 0 aliphatic carbocycles. The second kappa shape index (κ2) is 7.31. The minimum absolute atomic E-state index is 0. The minimum Gasteiger partial charge on any atom is -0.377 e. The van der Waals surface area contributed by atoms with Gasteiger partial charge in [0, 0.05) is 32.7 Å². The van der Waals surface area contributed by atoms with Gasteiger partial charge < -0.3 is 9.30 Å². The average molecular weight is 283 g/mol. The van der Waals surface area contributed by atoms with Crippen molar-refractivity contribution in [3.63, 3.8) is 0 Å². The molecule has 1 fully saturated rings. The van der Waals surface area contributed by atoms with Gasteiger partial charge in [-0.2, -0.15) is 0 Å². The van der Waals surface area contributed by atoms with Crippen LogP contribution in [-0.4, -0.2) is 17.8 Å². The Labute approximate surface area is 116 Å². The summed E-state index contributed by atoms with van der Waals surface area (Å²) in [5.74, 6) is 0. The summed E-state index contributed by atoms with van der Waals surface area (Å²) in [6.07, 6.45) is 1.71. The number of hydrogen-bond acceptors (Lipinski definition) is 2. The first-order chi connectivity index (χ1) is 6.77. The number of rotatable bonds is 1. The topological polar surface area (TPSA) is 31.2 Å². The van der Waals surface area contributed by atoms with Crippen molar-refractivity contribution in [2.75, 3.05) is 13.2 Å². The van der Waals surface area contributed by atoms with Gasteiger partial charge in [-0.1, -0.05) is 27.0 Å². The molecule has 3 nitrogen and oxygen atoms in total. The molecule has 1 aliphatic rings. The fourth-order valence-electron chi connectivity index (χ4n) is 1.21. The van der Waals surface area contributed by atoms with E-state index < -0.39 is 0 Å². The van der Waals surface area contributed by atoms with Gasteiger partial charge in [-0.3, -0.25) is 4.79 Å². The zero-order chi connectivity index (χ0) is 10.6. The van der Waals surface area contributed by atoms with Gasteiger partial charge in [0.05, 0.1) is 19.3 Å². The first kappa shape index (κ1) is 15.0. The predicted molar refractivity (Wildman–Crippen MR) is 55.5 cm³/mol. The number of hydrogen-bond donors (Lipinski definition) is 0. The van der Waals surface area contributed by atoms with Crippen LogP contribution >= 0.6 is 0 Å². The molecule has 0 unspecified atom stereocenters. The van der Waals surface area contributed by atoms with Gasteiger partial charge in [0.1, 0.15) is 0 Å². The standard InChI is InChI=1S/C9H10NO2.C2H6.Y/c1-7-2-3-10(9(11)4-7)8-5-12-6-8;1-2;/h3-4,8H,5-6H2,1H3;1-2H3;/q-1;;. The van der Waals surface area contributed by atoms with Gasteiger partial charge >= 0.3 is 0 Å². The largest absolute Gasteiger partial charge is 0.377 e. The molecule has 1 aliphatic heterocycles. The van der Waals surface area contributed by atoms with Gasteiger partial charge in [-0.25, -0.2) is 11.6 Å². The van der Waals surface area contributed by atoms with E-state index in [1.165, 1.54) is 0 Å². The molecule has 0 saturated carbocycles. The van der Waals surface area contributed by atoms with Crippen LogP contribution in [-0.2, 0) is 37.4 Å². The molecule has 1 aromatic rings. The van der Waals surface area contributed by atoms with Gasteiger partial charge in [-0.05, 0) is 0 Å². The van der Waals surface area contributed by atoms with Crippen molar-refractivity contribution in [2.45, 2.75) is 26.8 Å². The normalized spacial score (nSPS) is 14.3. The molecule has 0 atom stereocenters. The van der Waals surface area contributed by atoms with Gasteiger partial charge in [-0.15, -0.1) is 6.07 Å². The molecule has 1 aromatic heterocycles. The Balaban J connectivity index is 0.000000617. The van der Waals surface area contributed by atoms with E-state index in [9.17, 15) is 4.79 Å². The van der Waals surface area contributed by atoms with Crippen molar-refractivity contribution in [2.24, 2.45) is 0 Å². The summed E-state index contributed by atoms with van der Waals surface area (Å²) in [5.41, 5.74) is 0.927. The van der Waals surface area contributed by atoms with Crippen molar-refractivity contribution < 1.29 is 37.4 Å². The molecule has 0 bridgehead atoms. The van der Waals surface area contributed by atoms with Crippen LogP contribution in [0.2, 0.25) is 0 Å². The van der Waals surface area contributed by atoms with Crippen LogP contribution in [0.3, 0.4) is 0 Å². The molecule has 0 spiro atoms. The van der Waals surface area contributed by atoms with E-state index in [0.29, 0.717) is 13.2 Å². The van der Waals surface area contributed by atoms with Gasteiger partial charge in [0.2, 0.25) is 0 Å². The van der Waals surface area contributed by atoms with Crippen LogP contribution in [0.1, 0.15) is 25.5 Å². The number of ether oxygens (including phenoxy) is 1. The van der Waals surface area contributed by atoms with Crippen LogP contribution in [0.15, 0.2) is 17.1 Å². The summed E-state index contributed by atoms with van der Waals surface area (Å²) in [6.45, 7) is 7.16. The summed E-state index contributed by atoms with van der Waals surface area (Å²) in [5, 5.41) is 0. The maximum atomic E-state index is 11.4. The first-order valence-corrected chi connectivity index (χ1v) is 4.95. The smallest absolute Gasteiger partial charge is 0.168 e. The van der Waals surface area contributed by atoms with E-state index in [1.807, 2.05) is 20.8 Å². The van der Waals surface area contributed by atoms with E-state index in [4.69, 9.17) is 4.74 Å². The SMILES string of the molecule is CC.Cc1[c-]cn(C2COC2)c(=O)c1.[Y]. The second-order valence-electron chi connectivity index (χ2n) is 3.04. The van der Waals surface area contributed by atoms with Crippen LogP contribution in [0, 0.1) is 13.0 Å². The van der Waals surface area contributed by atoms with E-state index in [2.05, 4.69) is 6.07 Å². The summed E-state index contributed by atoms with van der Waals surface area (Å²) in [6, 6.07) is 4.82. The molecule has 2 heterocycles. The van der Waals surface area contributed by atoms with Crippen LogP contribution in [0.5, 0.6) is 0 Å². The summed E-state index contributed by atoms with van der Waals surface area (Å²) >= 11 is 0. The molecular formula is C11H16NO2Y-. The number of nitrogens with zero attached hydrogens (tertiary/aromatic N) is 1. The molecule has 0 amide bonds. The Morgan fingerprint density at radius 3 is 2.47 bits per heavy atom. The Morgan fingerprint density at radius 1 is 1.47 bits per heavy atom. The van der Waals surface area contributed by atoms with Crippen molar-refractivity contribution in [1.82, 2.24) is 4.57 Å². The predicted octanol–water partition coefficient (Wildman–Crippen LogP) is 1.55. The number of aryl methyl sites for hydroxylation is 1. The fraction of sp³-hybridized carbons (Fsp3) is 0.545. The van der Waals surface area contributed by atoms with Crippen LogP contribution < -0.4 is 5.56 Å². The summed E-state index contributed by atoms with van der Waals surface area (Å²) in [7, 11) is 0. The zero-order valence-electron chi connectivity index (χ0n) is 9.49. The maximum absolute atomic E-state index is 11.4. The molecule has 0 N–H and O–H groups in total. The third kappa shape index (κ3) is 3.82. The number of aromatic nitrogens is 1. The Bertz CT molecular complexity index is 345. The van der Waals surface area contributed by atoms with Gasteiger partial charge in [0.25, 0.3) is 0 Å². The first-order valence-electron chi connectivity index (χ1n) is 4.95. The number of pyridine rings is 1. The zero-order valence-corrected chi connectivity index (χ0v) is 12.3. The Kier molecular flexibility index (Phi) is 7.32. The molecule has 15 heavy (non-hydrogen) atoms. The third-order valence-corrected chi connectivity index (χ3v) is 2.04. The van der Waals surface area contributed by atoms with Crippen molar-refractivity contribution >= 4 is 0 Å². The van der Waals surface area contributed by atoms with E-state index in [1.54, 1.807) is 16.8 Å². The second-order valence-corrected chi connectivity index (χ2v) is 3.04. The van der Waals surface area contributed by atoms with Crippen molar-refractivity contribution in [1.29, 1.82) is 0 Å². The van der Waals surface area contributed by atoms with Crippen molar-refractivity contribution in [3.8, 4) is 0 Å². The minimum atomic E-state index is 0. The van der Waals surface area contributed by atoms with Crippen molar-refractivity contribution in [3.05, 3.63) is 34.2 Å². The Hall–Kier alpha value is 0.0139. The van der Waals surface area contributed by atoms with Crippen LogP contribution in [0.25, 0.3) is 0 Å². The van der Waals surface area contributed by atoms with E-state index in [0.717, 1.165) is 5.56 Å². The Morgan fingerprint density at radius 2 is 2.07 bits per heavy atom. The molecule has 1 saturated heterocycles. The molecular weight excluding hydrogens is 267 g/mol. The van der Waals surface area contributed by atoms with E-state index >= 15 is 0 Å². The van der Waals surface area contributed by atoms with Crippen LogP contribution in [0.4, 0.5) is 0 Å². The monoisotopic (exact) mass is 283 g/mol. The summed E-state index contributed by atoms with van der Waals surface area (Å²) in [4.78, 5) is 11.4.